The smallest absolute Gasteiger partial charge is 0.319 e. The number of benzene rings is 1. The molecule has 1 saturated heterocycles. The minimum atomic E-state index is -0.310. The highest BCUT2D eigenvalue weighted by Crippen LogP contribution is 2.16. The zero-order chi connectivity index (χ0) is 16.8. The molecule has 3 amide bonds. The summed E-state index contributed by atoms with van der Waals surface area (Å²) in [6, 6.07) is 7.35. The van der Waals surface area contributed by atoms with Crippen molar-refractivity contribution < 1.29 is 9.59 Å². The van der Waals surface area contributed by atoms with Gasteiger partial charge in [-0.2, -0.15) is 0 Å². The first-order valence-electron chi connectivity index (χ1n) is 8.16. The molecule has 6 nitrogen and oxygen atoms in total. The number of nitrogens with one attached hydrogen (secondary N) is 4. The molecular formula is C17H26N4O2. The van der Waals surface area contributed by atoms with Crippen LogP contribution in [0, 0.1) is 0 Å². The normalized spacial score (nSPS) is 20.9. The van der Waals surface area contributed by atoms with Crippen LogP contribution in [-0.2, 0) is 0 Å². The molecule has 6 heteroatoms. The third-order valence-corrected chi connectivity index (χ3v) is 3.80. The first kappa shape index (κ1) is 17.3. The van der Waals surface area contributed by atoms with E-state index in [0.717, 1.165) is 19.4 Å². The number of carbonyl (C=O) groups is 2. The second-order valence-corrected chi connectivity index (χ2v) is 6.35. The molecule has 0 saturated carbocycles. The number of urea groups is 1. The van der Waals surface area contributed by atoms with Gasteiger partial charge in [0.15, 0.2) is 0 Å². The molecular weight excluding hydrogens is 292 g/mol. The summed E-state index contributed by atoms with van der Waals surface area (Å²) in [6.07, 6.45) is 1.83. The number of hydrogen-bond acceptors (Lipinski definition) is 3. The van der Waals surface area contributed by atoms with Crippen molar-refractivity contribution in [2.24, 2.45) is 0 Å². The van der Waals surface area contributed by atoms with Crippen LogP contribution < -0.4 is 21.3 Å². The minimum Gasteiger partial charge on any atom is -0.349 e. The van der Waals surface area contributed by atoms with Crippen molar-refractivity contribution in [3.8, 4) is 0 Å². The Morgan fingerprint density at radius 3 is 2.70 bits per heavy atom. The third kappa shape index (κ3) is 5.25. The van der Waals surface area contributed by atoms with Gasteiger partial charge in [0.05, 0.1) is 11.3 Å². The molecule has 2 unspecified atom stereocenters. The maximum absolute atomic E-state index is 12.5. The molecule has 1 heterocycles. The molecule has 126 valence electrons. The monoisotopic (exact) mass is 318 g/mol. The van der Waals surface area contributed by atoms with Crippen molar-refractivity contribution in [1.29, 1.82) is 0 Å². The second-order valence-electron chi connectivity index (χ2n) is 6.35. The SMILES string of the molecule is CC(C)NC(=O)Nc1ccccc1C(=O)NC1CCNC(C)C1. The van der Waals surface area contributed by atoms with Crippen molar-refractivity contribution in [3.63, 3.8) is 0 Å². The van der Waals surface area contributed by atoms with E-state index in [2.05, 4.69) is 28.2 Å². The molecule has 1 aliphatic heterocycles. The molecule has 4 N–H and O–H groups in total. The third-order valence-electron chi connectivity index (χ3n) is 3.80. The van der Waals surface area contributed by atoms with Crippen LogP contribution in [0.1, 0.15) is 44.0 Å². The van der Waals surface area contributed by atoms with Crippen molar-refractivity contribution in [3.05, 3.63) is 29.8 Å². The van der Waals surface area contributed by atoms with Gasteiger partial charge < -0.3 is 21.3 Å². The van der Waals surface area contributed by atoms with Crippen LogP contribution in [0.25, 0.3) is 0 Å². The molecule has 0 bridgehead atoms. The number of amides is 3. The van der Waals surface area contributed by atoms with E-state index in [9.17, 15) is 9.59 Å². The predicted octanol–water partition coefficient (Wildman–Crippen LogP) is 2.09. The topological polar surface area (TPSA) is 82.3 Å². The lowest BCUT2D eigenvalue weighted by Gasteiger charge is -2.28. The van der Waals surface area contributed by atoms with Gasteiger partial charge in [-0.1, -0.05) is 12.1 Å². The molecule has 0 spiro atoms. The van der Waals surface area contributed by atoms with Crippen LogP contribution >= 0.6 is 0 Å². The lowest BCUT2D eigenvalue weighted by molar-refractivity contribution is 0.0926. The van der Waals surface area contributed by atoms with E-state index in [0.29, 0.717) is 17.3 Å². The van der Waals surface area contributed by atoms with Crippen LogP contribution in [0.5, 0.6) is 0 Å². The largest absolute Gasteiger partial charge is 0.349 e. The fourth-order valence-corrected chi connectivity index (χ4v) is 2.74. The zero-order valence-electron chi connectivity index (χ0n) is 14.0. The van der Waals surface area contributed by atoms with Gasteiger partial charge in [0, 0.05) is 18.1 Å². The Bertz CT molecular complexity index is 559. The Labute approximate surface area is 137 Å². The molecule has 0 aliphatic carbocycles. The van der Waals surface area contributed by atoms with Crippen LogP contribution in [0.4, 0.5) is 10.5 Å². The van der Waals surface area contributed by atoms with Gasteiger partial charge in [0.1, 0.15) is 0 Å². The first-order chi connectivity index (χ1) is 11.0. The van der Waals surface area contributed by atoms with E-state index in [-0.39, 0.29) is 24.0 Å². The summed E-state index contributed by atoms with van der Waals surface area (Å²) in [5.74, 6) is -0.149. The molecule has 23 heavy (non-hydrogen) atoms. The number of piperidine rings is 1. The molecule has 1 fully saturated rings. The van der Waals surface area contributed by atoms with Gasteiger partial charge in [-0.25, -0.2) is 4.79 Å². The lowest BCUT2D eigenvalue weighted by Crippen LogP contribution is -2.46. The summed E-state index contributed by atoms with van der Waals surface area (Å²) in [6.45, 7) is 6.79. The quantitative estimate of drug-likeness (QED) is 0.686. The second kappa shape index (κ2) is 7.97. The first-order valence-corrected chi connectivity index (χ1v) is 8.16. The fourth-order valence-electron chi connectivity index (χ4n) is 2.74. The Morgan fingerprint density at radius 2 is 2.00 bits per heavy atom. The van der Waals surface area contributed by atoms with Crippen molar-refractivity contribution in [2.75, 3.05) is 11.9 Å². The van der Waals surface area contributed by atoms with Crippen molar-refractivity contribution in [2.45, 2.75) is 51.7 Å². The summed E-state index contributed by atoms with van der Waals surface area (Å²) in [7, 11) is 0. The minimum absolute atomic E-state index is 0.0345. The predicted molar refractivity (Wildman–Crippen MR) is 91.7 cm³/mol. The van der Waals surface area contributed by atoms with Crippen LogP contribution in [0.3, 0.4) is 0 Å². The van der Waals surface area contributed by atoms with E-state index in [4.69, 9.17) is 0 Å². The molecule has 2 atom stereocenters. The van der Waals surface area contributed by atoms with Crippen LogP contribution in [-0.4, -0.2) is 36.6 Å². The summed E-state index contributed by atoms with van der Waals surface area (Å²) in [5, 5.41) is 11.9. The Hall–Kier alpha value is -2.08. The molecule has 2 rings (SSSR count). The van der Waals surface area contributed by atoms with Gasteiger partial charge >= 0.3 is 6.03 Å². The average molecular weight is 318 g/mol. The average Bonchev–Trinajstić information content (AvgIpc) is 2.46. The summed E-state index contributed by atoms with van der Waals surface area (Å²) < 4.78 is 0. The fraction of sp³-hybridized carbons (Fsp3) is 0.529. The highest BCUT2D eigenvalue weighted by Gasteiger charge is 2.21. The molecule has 0 radical (unpaired) electrons. The van der Waals surface area contributed by atoms with Crippen LogP contribution in [0.15, 0.2) is 24.3 Å². The van der Waals surface area contributed by atoms with E-state index >= 15 is 0 Å². The standard InChI is InChI=1S/C17H26N4O2/c1-11(2)19-17(23)21-15-7-5-4-6-14(15)16(22)20-13-8-9-18-12(3)10-13/h4-7,11-13,18H,8-10H2,1-3H3,(H,20,22)(H2,19,21,23). The molecule has 0 aromatic heterocycles. The van der Waals surface area contributed by atoms with E-state index in [1.165, 1.54) is 0 Å². The number of para-hydroxylation sites is 1. The lowest BCUT2D eigenvalue weighted by atomic mass is 10.00. The molecule has 1 aromatic rings. The number of hydrogen-bond donors (Lipinski definition) is 4. The maximum Gasteiger partial charge on any atom is 0.319 e. The summed E-state index contributed by atoms with van der Waals surface area (Å²) in [5.41, 5.74) is 1.00. The highest BCUT2D eigenvalue weighted by atomic mass is 16.2. The van der Waals surface area contributed by atoms with Gasteiger partial charge in [0.2, 0.25) is 0 Å². The van der Waals surface area contributed by atoms with Gasteiger partial charge in [-0.3, -0.25) is 4.79 Å². The van der Waals surface area contributed by atoms with Gasteiger partial charge in [-0.05, 0) is 52.3 Å². The number of anilines is 1. The van der Waals surface area contributed by atoms with E-state index < -0.39 is 0 Å². The summed E-state index contributed by atoms with van der Waals surface area (Å²) >= 11 is 0. The van der Waals surface area contributed by atoms with Gasteiger partial charge in [0.25, 0.3) is 5.91 Å². The van der Waals surface area contributed by atoms with Gasteiger partial charge in [-0.15, -0.1) is 0 Å². The highest BCUT2D eigenvalue weighted by molar-refractivity contribution is 6.03. The van der Waals surface area contributed by atoms with E-state index in [1.54, 1.807) is 24.3 Å². The van der Waals surface area contributed by atoms with Crippen molar-refractivity contribution in [1.82, 2.24) is 16.0 Å². The molecule has 1 aliphatic rings. The maximum atomic E-state index is 12.5. The summed E-state index contributed by atoms with van der Waals surface area (Å²) in [4.78, 5) is 24.4. The zero-order valence-corrected chi connectivity index (χ0v) is 14.0. The Kier molecular flexibility index (Phi) is 5.98. The van der Waals surface area contributed by atoms with Crippen molar-refractivity contribution >= 4 is 17.6 Å². The van der Waals surface area contributed by atoms with E-state index in [1.807, 2.05) is 13.8 Å². The Balaban J connectivity index is 2.03. The number of carbonyl (C=O) groups excluding carboxylic acids is 2. The number of rotatable bonds is 4. The molecule has 1 aromatic carbocycles. The van der Waals surface area contributed by atoms with Crippen LogP contribution in [0.2, 0.25) is 0 Å². The Morgan fingerprint density at radius 1 is 1.26 bits per heavy atom.